The minimum absolute atomic E-state index is 0.00365. The summed E-state index contributed by atoms with van der Waals surface area (Å²) in [5, 5.41) is 12.2. The number of hydrogen-bond acceptors (Lipinski definition) is 6. The molecule has 10 heteroatoms. The molecule has 0 unspecified atom stereocenters. The van der Waals surface area contributed by atoms with Crippen molar-refractivity contribution >= 4 is 40.7 Å². The number of carbonyl (C=O) groups excluding carboxylic acids is 1. The van der Waals surface area contributed by atoms with Crippen LogP contribution in [0.15, 0.2) is 103 Å². The molecule has 6 rings (SSSR count). The van der Waals surface area contributed by atoms with Gasteiger partial charge < -0.3 is 19.9 Å². The van der Waals surface area contributed by atoms with Gasteiger partial charge in [0.05, 0.1) is 18.8 Å². The summed E-state index contributed by atoms with van der Waals surface area (Å²) < 4.78 is 11.3. The van der Waals surface area contributed by atoms with Crippen molar-refractivity contribution < 1.29 is 19.4 Å². The lowest BCUT2D eigenvalue weighted by molar-refractivity contribution is -0.253. The van der Waals surface area contributed by atoms with Crippen LogP contribution in [0.1, 0.15) is 46.6 Å². The number of aliphatic hydroxyl groups is 1. The van der Waals surface area contributed by atoms with Crippen LogP contribution in [0.3, 0.4) is 0 Å². The van der Waals surface area contributed by atoms with Gasteiger partial charge in [0.25, 0.3) is 9.70 Å². The van der Waals surface area contributed by atoms with Gasteiger partial charge >= 0.3 is 0 Å². The standard InChI is InChI=1S/C38H40Cl3N3O4/c39-38(40,41)37(46)42-23-29-8-4-9-31(20-29)32-10-5-11-33(21-32)36-47-34(22-35(48-36)30-14-12-28(26-45)13-15-30)25-44-18-16-43(17-19-44)24-27-6-2-1-3-7-27/h1-15,20-21,34-36,45H,16-19,22-26H2,(H,42,46)/t34-,35+,36+/m0/s1. The van der Waals surface area contributed by atoms with Gasteiger partial charge in [-0.15, -0.1) is 0 Å². The predicted molar refractivity (Wildman–Crippen MR) is 191 cm³/mol. The quantitative estimate of drug-likeness (QED) is 0.170. The minimum Gasteiger partial charge on any atom is -0.392 e. The maximum Gasteiger partial charge on any atom is 0.272 e. The van der Waals surface area contributed by atoms with Crippen LogP contribution in [0.25, 0.3) is 11.1 Å². The fourth-order valence-electron chi connectivity index (χ4n) is 6.30. The van der Waals surface area contributed by atoms with Gasteiger partial charge in [-0.25, -0.2) is 0 Å². The smallest absolute Gasteiger partial charge is 0.272 e. The summed E-state index contributed by atoms with van der Waals surface area (Å²) in [7, 11) is 0. The van der Waals surface area contributed by atoms with Crippen LogP contribution in [0, 0.1) is 0 Å². The van der Waals surface area contributed by atoms with Gasteiger partial charge in [0.2, 0.25) is 0 Å². The van der Waals surface area contributed by atoms with Crippen LogP contribution in [-0.4, -0.2) is 63.4 Å². The number of aliphatic hydroxyl groups excluding tert-OH is 1. The van der Waals surface area contributed by atoms with Gasteiger partial charge in [0.15, 0.2) is 6.29 Å². The first-order chi connectivity index (χ1) is 23.2. The van der Waals surface area contributed by atoms with Crippen molar-refractivity contribution in [3.8, 4) is 11.1 Å². The lowest BCUT2D eigenvalue weighted by Crippen LogP contribution is -2.49. The van der Waals surface area contributed by atoms with Gasteiger partial charge in [0.1, 0.15) is 0 Å². The SMILES string of the molecule is O=C(NCc1cccc(-c2cccc([C@@H]3O[C@H](CN4CCN(Cc5ccccc5)CC4)C[C@H](c4ccc(CO)cc4)O3)c2)c1)C(Cl)(Cl)Cl. The van der Waals surface area contributed by atoms with Gasteiger partial charge in [-0.2, -0.15) is 0 Å². The largest absolute Gasteiger partial charge is 0.392 e. The third-order valence-corrected chi connectivity index (χ3v) is 9.44. The maximum absolute atomic E-state index is 12.1. The lowest BCUT2D eigenvalue weighted by atomic mass is 9.98. The predicted octanol–water partition coefficient (Wildman–Crippen LogP) is 7.20. The Labute approximate surface area is 297 Å². The molecule has 48 heavy (non-hydrogen) atoms. The average molecular weight is 709 g/mol. The Morgan fingerprint density at radius 3 is 2.12 bits per heavy atom. The second-order valence-corrected chi connectivity index (χ2v) is 14.7. The number of benzene rings is 4. The molecule has 1 amide bonds. The summed E-state index contributed by atoms with van der Waals surface area (Å²) in [4.78, 5) is 17.1. The fourth-order valence-corrected chi connectivity index (χ4v) is 6.50. The normalized spacial score (nSPS) is 20.8. The van der Waals surface area contributed by atoms with Crippen LogP contribution in [0.2, 0.25) is 0 Å². The Bertz CT molecular complexity index is 1640. The van der Waals surface area contributed by atoms with Crippen molar-refractivity contribution in [2.75, 3.05) is 32.7 Å². The average Bonchev–Trinajstić information content (AvgIpc) is 3.11. The Kier molecular flexibility index (Phi) is 11.7. The van der Waals surface area contributed by atoms with E-state index in [-0.39, 0.29) is 25.4 Å². The number of nitrogens with zero attached hydrogens (tertiary/aromatic N) is 2. The van der Waals surface area contributed by atoms with Crippen LogP contribution in [0.5, 0.6) is 0 Å². The van der Waals surface area contributed by atoms with E-state index in [4.69, 9.17) is 44.3 Å². The highest BCUT2D eigenvalue weighted by molar-refractivity contribution is 6.76. The molecule has 0 bridgehead atoms. The van der Waals surface area contributed by atoms with E-state index < -0.39 is 16.0 Å². The monoisotopic (exact) mass is 707 g/mol. The van der Waals surface area contributed by atoms with Crippen LogP contribution >= 0.6 is 34.8 Å². The van der Waals surface area contributed by atoms with E-state index >= 15 is 0 Å². The Morgan fingerprint density at radius 2 is 1.42 bits per heavy atom. The highest BCUT2D eigenvalue weighted by Crippen LogP contribution is 2.39. The van der Waals surface area contributed by atoms with Crippen LogP contribution in [0.4, 0.5) is 0 Å². The van der Waals surface area contributed by atoms with E-state index in [0.29, 0.717) is 0 Å². The first kappa shape index (κ1) is 34.9. The number of alkyl halides is 3. The number of rotatable bonds is 10. The zero-order valence-corrected chi connectivity index (χ0v) is 28.9. The van der Waals surface area contributed by atoms with E-state index in [1.54, 1.807) is 0 Å². The fraction of sp³-hybridized carbons (Fsp3) is 0.342. The van der Waals surface area contributed by atoms with Gasteiger partial charge in [-0.3, -0.25) is 14.6 Å². The van der Waals surface area contributed by atoms with E-state index in [2.05, 4.69) is 51.5 Å². The summed E-state index contributed by atoms with van der Waals surface area (Å²) in [6.07, 6.45) is -0.00640. The van der Waals surface area contributed by atoms with E-state index in [1.165, 1.54) is 5.56 Å². The number of ether oxygens (including phenoxy) is 2. The van der Waals surface area contributed by atoms with Gasteiger partial charge in [-0.1, -0.05) is 126 Å². The Morgan fingerprint density at radius 1 is 0.750 bits per heavy atom. The number of hydrogen-bond donors (Lipinski definition) is 2. The third kappa shape index (κ3) is 9.37. The van der Waals surface area contributed by atoms with E-state index in [0.717, 1.165) is 79.1 Å². The number of amides is 1. The van der Waals surface area contributed by atoms with E-state index in [1.807, 2.05) is 66.7 Å². The second kappa shape index (κ2) is 16.2. The molecule has 2 saturated heterocycles. The van der Waals surface area contributed by atoms with Crippen molar-refractivity contribution in [3.05, 3.63) is 131 Å². The van der Waals surface area contributed by atoms with Crippen molar-refractivity contribution in [3.63, 3.8) is 0 Å². The minimum atomic E-state index is -2.01. The molecule has 0 aromatic heterocycles. The highest BCUT2D eigenvalue weighted by Gasteiger charge is 2.34. The van der Waals surface area contributed by atoms with Gasteiger partial charge in [-0.05, 0) is 45.5 Å². The zero-order chi connectivity index (χ0) is 33.5. The molecule has 7 nitrogen and oxygen atoms in total. The van der Waals surface area contributed by atoms with E-state index in [9.17, 15) is 9.90 Å². The maximum atomic E-state index is 12.1. The van der Waals surface area contributed by atoms with Crippen LogP contribution < -0.4 is 5.32 Å². The van der Waals surface area contributed by atoms with Crippen molar-refractivity contribution in [2.45, 2.75) is 48.4 Å². The second-order valence-electron chi connectivity index (χ2n) is 12.4. The first-order valence-corrected chi connectivity index (χ1v) is 17.4. The molecule has 2 aliphatic rings. The molecule has 2 heterocycles. The molecule has 0 spiro atoms. The van der Waals surface area contributed by atoms with Gasteiger partial charge in [0, 0.05) is 57.8 Å². The highest BCUT2D eigenvalue weighted by atomic mass is 35.6. The number of piperazine rings is 1. The molecule has 2 aliphatic heterocycles. The summed E-state index contributed by atoms with van der Waals surface area (Å²) in [6.45, 7) is 6.04. The molecular weight excluding hydrogens is 669 g/mol. The molecule has 0 saturated carbocycles. The molecular formula is C38H40Cl3N3O4. The zero-order valence-electron chi connectivity index (χ0n) is 26.6. The summed E-state index contributed by atoms with van der Waals surface area (Å²) in [5.41, 5.74) is 7.06. The molecule has 0 radical (unpaired) electrons. The summed E-state index contributed by atoms with van der Waals surface area (Å²) in [6, 6.07) is 34.7. The molecule has 3 atom stereocenters. The third-order valence-electron chi connectivity index (χ3n) is 8.92. The van der Waals surface area contributed by atoms with Crippen molar-refractivity contribution in [1.82, 2.24) is 15.1 Å². The molecule has 4 aromatic carbocycles. The lowest BCUT2D eigenvalue weighted by Gasteiger charge is -2.41. The Hall–Kier alpha value is -2.98. The topological polar surface area (TPSA) is 74.3 Å². The van der Waals surface area contributed by atoms with Crippen molar-refractivity contribution in [2.24, 2.45) is 0 Å². The molecule has 4 aromatic rings. The van der Waals surface area contributed by atoms with Crippen molar-refractivity contribution in [1.29, 1.82) is 0 Å². The summed E-state index contributed by atoms with van der Waals surface area (Å²) in [5.74, 6) is -0.671. The molecule has 2 N–H and O–H groups in total. The number of halogens is 3. The Balaban J connectivity index is 1.16. The first-order valence-electron chi connectivity index (χ1n) is 16.3. The van der Waals surface area contributed by atoms with Crippen LogP contribution in [-0.2, 0) is 34.0 Å². The molecule has 0 aliphatic carbocycles. The number of carbonyl (C=O) groups is 1. The summed E-state index contributed by atoms with van der Waals surface area (Å²) >= 11 is 17.1. The molecule has 2 fully saturated rings. The number of nitrogens with one attached hydrogen (secondary N) is 1. The molecule has 252 valence electrons.